The molecule has 0 aromatic heterocycles. The molecule has 41 heavy (non-hydrogen) atoms. The third kappa shape index (κ3) is 6.85. The average Bonchev–Trinajstić information content (AvgIpc) is 2.99. The van der Waals surface area contributed by atoms with E-state index in [0.717, 1.165) is 32.1 Å². The number of anilines is 1. The zero-order valence-corrected chi connectivity index (χ0v) is 25.0. The largest absolute Gasteiger partial charge is 0.497 e. The van der Waals surface area contributed by atoms with Crippen LogP contribution in [0, 0.1) is 11.8 Å². The molecule has 1 fully saturated rings. The maximum absolute atomic E-state index is 13.7. The predicted molar refractivity (Wildman–Crippen MR) is 156 cm³/mol. The molecular formula is C30H41N3O7S. The minimum absolute atomic E-state index is 0.00455. The van der Waals surface area contributed by atoms with E-state index in [9.17, 15) is 23.1 Å². The molecule has 2 N–H and O–H groups in total. The molecule has 0 bridgehead atoms. The molecule has 10 nitrogen and oxygen atoms in total. The van der Waals surface area contributed by atoms with Crippen LogP contribution in [-0.2, 0) is 14.8 Å². The van der Waals surface area contributed by atoms with E-state index in [1.54, 1.807) is 42.2 Å². The SMILES string of the molecule is COc1ccc(S(=O)(=O)N(C)C[C@H]2Oc3c(NC(=O)C4CCCCC4)cccc3C(=O)N([C@@H](C)CO)C[C@@H]2C)cc1. The van der Waals surface area contributed by atoms with Crippen LogP contribution in [0.1, 0.15) is 56.3 Å². The Bertz CT molecular complexity index is 1330. The lowest BCUT2D eigenvalue weighted by molar-refractivity contribution is -0.120. The molecular weight excluding hydrogens is 546 g/mol. The van der Waals surface area contributed by atoms with E-state index in [-0.39, 0.29) is 59.6 Å². The minimum Gasteiger partial charge on any atom is -0.497 e. The highest BCUT2D eigenvalue weighted by atomic mass is 32.2. The van der Waals surface area contributed by atoms with Gasteiger partial charge in [-0.1, -0.05) is 32.3 Å². The van der Waals surface area contributed by atoms with Gasteiger partial charge in [0.1, 0.15) is 11.9 Å². The number of likely N-dealkylation sites (N-methyl/N-ethyl adjacent to an activating group) is 1. The molecule has 2 aliphatic rings. The number of hydrogen-bond donors (Lipinski definition) is 2. The number of methoxy groups -OCH3 is 1. The monoisotopic (exact) mass is 587 g/mol. The first-order valence-corrected chi connectivity index (χ1v) is 15.6. The number of aliphatic hydroxyl groups excluding tert-OH is 1. The van der Waals surface area contributed by atoms with Gasteiger partial charge in [0.2, 0.25) is 15.9 Å². The number of rotatable bonds is 9. The number of benzene rings is 2. The molecule has 0 saturated heterocycles. The molecule has 0 unspecified atom stereocenters. The summed E-state index contributed by atoms with van der Waals surface area (Å²) in [7, 11) is -0.863. The molecule has 1 aliphatic carbocycles. The number of ether oxygens (including phenoxy) is 2. The summed E-state index contributed by atoms with van der Waals surface area (Å²) in [5, 5.41) is 12.9. The quantitative estimate of drug-likeness (QED) is 0.458. The lowest BCUT2D eigenvalue weighted by Crippen LogP contribution is -2.50. The number of nitrogens with zero attached hydrogens (tertiary/aromatic N) is 2. The number of nitrogens with one attached hydrogen (secondary N) is 1. The summed E-state index contributed by atoms with van der Waals surface area (Å²) >= 11 is 0. The Morgan fingerprint density at radius 2 is 1.85 bits per heavy atom. The van der Waals surface area contributed by atoms with E-state index in [1.165, 1.54) is 30.6 Å². The minimum atomic E-state index is -3.87. The van der Waals surface area contributed by atoms with Crippen LogP contribution in [0.3, 0.4) is 0 Å². The topological polar surface area (TPSA) is 125 Å². The maximum Gasteiger partial charge on any atom is 0.258 e. The normalized spacial score (nSPS) is 20.9. The van der Waals surface area contributed by atoms with Crippen molar-refractivity contribution in [3.05, 3.63) is 48.0 Å². The molecule has 224 valence electrons. The fourth-order valence-electron chi connectivity index (χ4n) is 5.44. The molecule has 1 saturated carbocycles. The van der Waals surface area contributed by atoms with E-state index in [0.29, 0.717) is 11.4 Å². The summed E-state index contributed by atoms with van der Waals surface area (Å²) in [6.45, 7) is 3.66. The number of hydrogen-bond acceptors (Lipinski definition) is 7. The van der Waals surface area contributed by atoms with Crippen molar-refractivity contribution in [2.24, 2.45) is 11.8 Å². The summed E-state index contributed by atoms with van der Waals surface area (Å²) < 4.78 is 39.8. The summed E-state index contributed by atoms with van der Waals surface area (Å²) in [6, 6.07) is 10.7. The second kappa shape index (κ2) is 13.2. The van der Waals surface area contributed by atoms with Crippen LogP contribution in [0.25, 0.3) is 0 Å². The van der Waals surface area contributed by atoms with E-state index in [4.69, 9.17) is 9.47 Å². The summed E-state index contributed by atoms with van der Waals surface area (Å²) in [4.78, 5) is 28.6. The standard InChI is InChI=1S/C30H41N3O7S/c1-20-17-33(21(2)19-34)30(36)25-11-8-12-26(31-29(35)22-9-6-5-7-10-22)28(25)40-27(20)18-32(3)41(37,38)24-15-13-23(39-4)14-16-24/h8,11-16,20-22,27,34H,5-7,9-10,17-19H2,1-4H3,(H,31,35)/t20-,21-,27+/m0/s1. The van der Waals surface area contributed by atoms with Crippen LogP contribution < -0.4 is 14.8 Å². The van der Waals surface area contributed by atoms with E-state index in [1.807, 2.05) is 6.92 Å². The summed E-state index contributed by atoms with van der Waals surface area (Å²) in [6.07, 6.45) is 4.09. The van der Waals surface area contributed by atoms with Gasteiger partial charge in [0, 0.05) is 25.4 Å². The molecule has 1 heterocycles. The fraction of sp³-hybridized carbons (Fsp3) is 0.533. The average molecular weight is 588 g/mol. The van der Waals surface area contributed by atoms with Crippen molar-refractivity contribution >= 4 is 27.5 Å². The van der Waals surface area contributed by atoms with E-state index in [2.05, 4.69) is 5.32 Å². The van der Waals surface area contributed by atoms with Gasteiger partial charge in [0.15, 0.2) is 5.75 Å². The molecule has 2 aromatic rings. The lowest BCUT2D eigenvalue weighted by atomic mass is 9.88. The van der Waals surface area contributed by atoms with Crippen LogP contribution in [0.4, 0.5) is 5.69 Å². The zero-order chi connectivity index (χ0) is 29.7. The second-order valence-corrected chi connectivity index (χ2v) is 13.1. The van der Waals surface area contributed by atoms with Crippen molar-refractivity contribution < 1.29 is 32.6 Å². The smallest absolute Gasteiger partial charge is 0.258 e. The second-order valence-electron chi connectivity index (χ2n) is 11.1. The van der Waals surface area contributed by atoms with Gasteiger partial charge in [-0.2, -0.15) is 4.31 Å². The first-order valence-electron chi connectivity index (χ1n) is 14.2. The predicted octanol–water partition coefficient (Wildman–Crippen LogP) is 3.75. The molecule has 2 aromatic carbocycles. The van der Waals surface area contributed by atoms with Crippen LogP contribution >= 0.6 is 0 Å². The third-order valence-corrected chi connectivity index (χ3v) is 9.97. The third-order valence-electron chi connectivity index (χ3n) is 8.13. The van der Waals surface area contributed by atoms with Crippen LogP contribution in [0.15, 0.2) is 47.4 Å². The Hall–Kier alpha value is -3.15. The van der Waals surface area contributed by atoms with Crippen LogP contribution in [0.2, 0.25) is 0 Å². The Kier molecular flexibility index (Phi) is 9.93. The van der Waals surface area contributed by atoms with Crippen molar-refractivity contribution in [2.75, 3.05) is 39.2 Å². The van der Waals surface area contributed by atoms with Gasteiger partial charge in [0.25, 0.3) is 5.91 Å². The lowest BCUT2D eigenvalue weighted by Gasteiger charge is -2.38. The number of aliphatic hydroxyl groups is 1. The van der Waals surface area contributed by atoms with Gasteiger partial charge in [-0.15, -0.1) is 0 Å². The van der Waals surface area contributed by atoms with Crippen LogP contribution in [-0.4, -0.2) is 80.5 Å². The molecule has 0 spiro atoms. The Balaban J connectivity index is 1.68. The maximum atomic E-state index is 13.7. The first-order chi connectivity index (χ1) is 19.6. The number of para-hydroxylation sites is 1. The molecule has 3 atom stereocenters. The highest BCUT2D eigenvalue weighted by Crippen LogP contribution is 2.36. The Labute approximate surface area is 242 Å². The summed E-state index contributed by atoms with van der Waals surface area (Å²) in [5.41, 5.74) is 0.632. The highest BCUT2D eigenvalue weighted by Gasteiger charge is 2.36. The van der Waals surface area contributed by atoms with Crippen molar-refractivity contribution in [2.45, 2.75) is 63.0 Å². The van der Waals surface area contributed by atoms with Gasteiger partial charge in [-0.25, -0.2) is 8.42 Å². The van der Waals surface area contributed by atoms with Gasteiger partial charge in [-0.3, -0.25) is 9.59 Å². The number of amides is 2. The van der Waals surface area contributed by atoms with Gasteiger partial charge >= 0.3 is 0 Å². The van der Waals surface area contributed by atoms with Gasteiger partial charge in [0.05, 0.1) is 42.4 Å². The van der Waals surface area contributed by atoms with Gasteiger partial charge in [-0.05, 0) is 56.2 Å². The highest BCUT2D eigenvalue weighted by molar-refractivity contribution is 7.89. The first kappa shape index (κ1) is 30.8. The number of sulfonamides is 1. The van der Waals surface area contributed by atoms with Gasteiger partial charge < -0.3 is 24.8 Å². The summed E-state index contributed by atoms with van der Waals surface area (Å²) in [5.74, 6) is -0.0863. The van der Waals surface area contributed by atoms with Crippen molar-refractivity contribution in [3.63, 3.8) is 0 Å². The molecule has 1 aliphatic heterocycles. The van der Waals surface area contributed by atoms with Crippen molar-refractivity contribution in [1.82, 2.24) is 9.21 Å². The fourth-order valence-corrected chi connectivity index (χ4v) is 6.62. The molecule has 4 rings (SSSR count). The number of carbonyl (C=O) groups is 2. The van der Waals surface area contributed by atoms with Crippen molar-refractivity contribution in [3.8, 4) is 11.5 Å². The van der Waals surface area contributed by atoms with Crippen LogP contribution in [0.5, 0.6) is 11.5 Å². The Morgan fingerprint density at radius 1 is 1.17 bits per heavy atom. The Morgan fingerprint density at radius 3 is 2.49 bits per heavy atom. The van der Waals surface area contributed by atoms with Crippen molar-refractivity contribution in [1.29, 1.82) is 0 Å². The molecule has 2 amide bonds. The molecule has 11 heteroatoms. The molecule has 0 radical (unpaired) electrons. The zero-order valence-electron chi connectivity index (χ0n) is 24.2. The number of carbonyl (C=O) groups excluding carboxylic acids is 2. The number of fused-ring (bicyclic) bond motifs is 1. The van der Waals surface area contributed by atoms with E-state index >= 15 is 0 Å². The van der Waals surface area contributed by atoms with E-state index < -0.39 is 22.2 Å².